The van der Waals surface area contributed by atoms with Gasteiger partial charge in [-0.15, -0.1) is 0 Å². The summed E-state index contributed by atoms with van der Waals surface area (Å²) in [6, 6.07) is 15.4. The van der Waals surface area contributed by atoms with Crippen molar-refractivity contribution in [3.05, 3.63) is 83.2 Å². The van der Waals surface area contributed by atoms with Gasteiger partial charge in [0.25, 0.3) is 0 Å². The molecule has 0 bridgehead atoms. The van der Waals surface area contributed by atoms with E-state index in [1.807, 2.05) is 38.1 Å². The van der Waals surface area contributed by atoms with Crippen LogP contribution in [0.5, 0.6) is 11.5 Å². The minimum Gasteiger partial charge on any atom is -0.494 e. The zero-order chi connectivity index (χ0) is 23.4. The van der Waals surface area contributed by atoms with E-state index in [-0.39, 0.29) is 23.1 Å². The Morgan fingerprint density at radius 2 is 1.55 bits per heavy atom. The van der Waals surface area contributed by atoms with Crippen LogP contribution in [0.2, 0.25) is 0 Å². The van der Waals surface area contributed by atoms with Crippen LogP contribution in [-0.2, 0) is 0 Å². The highest BCUT2D eigenvalue weighted by molar-refractivity contribution is 5.65. The SMILES string of the molecule is CCOc1ccc(OCC2CCC(c3ccc(-c4ccc(C)cc4)c(F)c3F)CC2)c(F)c1. The number of ether oxygens (including phenoxy) is 2. The fourth-order valence-corrected chi connectivity index (χ4v) is 4.54. The molecule has 0 saturated heterocycles. The van der Waals surface area contributed by atoms with Gasteiger partial charge in [-0.1, -0.05) is 42.0 Å². The number of hydrogen-bond donors (Lipinski definition) is 0. The van der Waals surface area contributed by atoms with Gasteiger partial charge in [0.1, 0.15) is 5.75 Å². The third-order valence-corrected chi connectivity index (χ3v) is 6.45. The molecule has 0 amide bonds. The second-order valence-electron chi connectivity index (χ2n) is 8.75. The van der Waals surface area contributed by atoms with E-state index < -0.39 is 17.5 Å². The summed E-state index contributed by atoms with van der Waals surface area (Å²) in [5, 5.41) is 0. The first-order valence-electron chi connectivity index (χ1n) is 11.6. The Morgan fingerprint density at radius 3 is 2.21 bits per heavy atom. The maximum Gasteiger partial charge on any atom is 0.168 e. The third-order valence-electron chi connectivity index (χ3n) is 6.45. The Balaban J connectivity index is 1.36. The molecule has 1 fully saturated rings. The fourth-order valence-electron chi connectivity index (χ4n) is 4.54. The molecule has 0 N–H and O–H groups in total. The molecule has 174 valence electrons. The van der Waals surface area contributed by atoms with Crippen LogP contribution in [0.4, 0.5) is 13.2 Å². The monoisotopic (exact) mass is 454 g/mol. The molecule has 3 aromatic rings. The lowest BCUT2D eigenvalue weighted by atomic mass is 9.78. The van der Waals surface area contributed by atoms with Crippen LogP contribution in [0.1, 0.15) is 49.7 Å². The molecule has 0 spiro atoms. The van der Waals surface area contributed by atoms with Crippen LogP contribution in [0.3, 0.4) is 0 Å². The Hall–Kier alpha value is -2.95. The zero-order valence-electron chi connectivity index (χ0n) is 19.0. The van der Waals surface area contributed by atoms with Gasteiger partial charge in [0.05, 0.1) is 13.2 Å². The molecule has 1 saturated carbocycles. The van der Waals surface area contributed by atoms with Crippen molar-refractivity contribution in [3.8, 4) is 22.6 Å². The number of benzene rings is 3. The van der Waals surface area contributed by atoms with Gasteiger partial charge in [-0.3, -0.25) is 0 Å². The summed E-state index contributed by atoms with van der Waals surface area (Å²) in [5.41, 5.74) is 2.48. The van der Waals surface area contributed by atoms with Gasteiger partial charge in [0.2, 0.25) is 0 Å². The second-order valence-corrected chi connectivity index (χ2v) is 8.75. The third kappa shape index (κ3) is 5.35. The average molecular weight is 455 g/mol. The predicted octanol–water partition coefficient (Wildman–Crippen LogP) is 7.83. The molecular weight excluding hydrogens is 425 g/mol. The van der Waals surface area contributed by atoms with Gasteiger partial charge in [0, 0.05) is 11.6 Å². The highest BCUT2D eigenvalue weighted by Crippen LogP contribution is 2.39. The smallest absolute Gasteiger partial charge is 0.168 e. The maximum atomic E-state index is 15.0. The number of hydrogen-bond acceptors (Lipinski definition) is 2. The van der Waals surface area contributed by atoms with Gasteiger partial charge in [0.15, 0.2) is 23.2 Å². The van der Waals surface area contributed by atoms with Crippen molar-refractivity contribution in [1.29, 1.82) is 0 Å². The van der Waals surface area contributed by atoms with E-state index >= 15 is 0 Å². The molecule has 1 aliphatic rings. The Labute approximate surface area is 193 Å². The Bertz CT molecular complexity index is 1090. The second kappa shape index (κ2) is 10.3. The standard InChI is InChI=1S/C28H29F3O2/c1-3-32-22-12-15-26(25(29)16-22)33-17-19-6-10-21(11-7-19)24-14-13-23(27(30)28(24)31)20-8-4-18(2)5-9-20/h4-5,8-9,12-16,19,21H,3,6-7,10-11,17H2,1-2H3. The minimum atomic E-state index is -0.784. The molecule has 4 rings (SSSR count). The van der Waals surface area contributed by atoms with Crippen molar-refractivity contribution in [2.75, 3.05) is 13.2 Å². The van der Waals surface area contributed by atoms with Crippen LogP contribution in [0.15, 0.2) is 54.6 Å². The maximum absolute atomic E-state index is 15.0. The van der Waals surface area contributed by atoms with Gasteiger partial charge >= 0.3 is 0 Å². The molecule has 0 radical (unpaired) electrons. The van der Waals surface area contributed by atoms with Crippen molar-refractivity contribution >= 4 is 0 Å². The average Bonchev–Trinajstić information content (AvgIpc) is 2.82. The van der Waals surface area contributed by atoms with E-state index in [0.717, 1.165) is 31.2 Å². The Morgan fingerprint density at radius 1 is 0.818 bits per heavy atom. The van der Waals surface area contributed by atoms with E-state index in [1.165, 1.54) is 6.07 Å². The van der Waals surface area contributed by atoms with Crippen LogP contribution in [0.25, 0.3) is 11.1 Å². The summed E-state index contributed by atoms with van der Waals surface area (Å²) >= 11 is 0. The van der Waals surface area contributed by atoms with Crippen molar-refractivity contribution in [2.24, 2.45) is 5.92 Å². The summed E-state index contributed by atoms with van der Waals surface area (Å²) in [4.78, 5) is 0. The van der Waals surface area contributed by atoms with Crippen LogP contribution in [0, 0.1) is 30.3 Å². The van der Waals surface area contributed by atoms with Gasteiger partial charge in [-0.25, -0.2) is 13.2 Å². The van der Waals surface area contributed by atoms with E-state index in [9.17, 15) is 13.2 Å². The van der Waals surface area contributed by atoms with Gasteiger partial charge in [-0.05, 0) is 74.6 Å². The molecule has 0 atom stereocenters. The summed E-state index contributed by atoms with van der Waals surface area (Å²) < 4.78 is 55.0. The largest absolute Gasteiger partial charge is 0.494 e. The van der Waals surface area contributed by atoms with E-state index in [2.05, 4.69) is 0 Å². The first-order chi connectivity index (χ1) is 16.0. The highest BCUT2D eigenvalue weighted by Gasteiger charge is 2.27. The summed E-state index contributed by atoms with van der Waals surface area (Å²) in [7, 11) is 0. The summed E-state index contributed by atoms with van der Waals surface area (Å²) in [5.74, 6) is -1.05. The van der Waals surface area contributed by atoms with E-state index in [1.54, 1.807) is 24.3 Å². The van der Waals surface area contributed by atoms with Crippen LogP contribution < -0.4 is 9.47 Å². The van der Waals surface area contributed by atoms with Gasteiger partial charge < -0.3 is 9.47 Å². The lowest BCUT2D eigenvalue weighted by Crippen LogP contribution is -2.20. The molecule has 0 heterocycles. The van der Waals surface area contributed by atoms with Crippen LogP contribution in [-0.4, -0.2) is 13.2 Å². The minimum absolute atomic E-state index is 0.0231. The molecule has 33 heavy (non-hydrogen) atoms. The van der Waals surface area contributed by atoms with Crippen molar-refractivity contribution in [1.82, 2.24) is 0 Å². The molecule has 0 unspecified atom stereocenters. The lowest BCUT2D eigenvalue weighted by Gasteiger charge is -2.29. The number of halogens is 3. The molecule has 0 aromatic heterocycles. The molecule has 2 nitrogen and oxygen atoms in total. The van der Waals surface area contributed by atoms with Crippen molar-refractivity contribution in [2.45, 2.75) is 45.4 Å². The topological polar surface area (TPSA) is 18.5 Å². The predicted molar refractivity (Wildman–Crippen MR) is 124 cm³/mol. The summed E-state index contributed by atoms with van der Waals surface area (Å²) in [6.07, 6.45) is 3.15. The molecule has 3 aromatic carbocycles. The van der Waals surface area contributed by atoms with Crippen LogP contribution >= 0.6 is 0 Å². The first-order valence-corrected chi connectivity index (χ1v) is 11.6. The van der Waals surface area contributed by atoms with E-state index in [0.29, 0.717) is 30.1 Å². The quantitative estimate of drug-likeness (QED) is 0.362. The highest BCUT2D eigenvalue weighted by atomic mass is 19.2. The summed E-state index contributed by atoms with van der Waals surface area (Å²) in [6.45, 7) is 4.68. The van der Waals surface area contributed by atoms with Gasteiger partial charge in [-0.2, -0.15) is 0 Å². The molecular formula is C28H29F3O2. The molecule has 0 aliphatic heterocycles. The van der Waals surface area contributed by atoms with E-state index in [4.69, 9.17) is 9.47 Å². The fraction of sp³-hybridized carbons (Fsp3) is 0.357. The normalized spacial score (nSPS) is 18.2. The van der Waals surface area contributed by atoms with Crippen molar-refractivity contribution in [3.63, 3.8) is 0 Å². The lowest BCUT2D eigenvalue weighted by molar-refractivity contribution is 0.193. The molecule has 5 heteroatoms. The zero-order valence-corrected chi connectivity index (χ0v) is 19.0. The van der Waals surface area contributed by atoms with Crippen molar-refractivity contribution < 1.29 is 22.6 Å². The Kier molecular flexibility index (Phi) is 7.26. The first kappa shape index (κ1) is 23.2. The molecule has 1 aliphatic carbocycles. The number of rotatable bonds is 7. The number of aryl methyl sites for hydroxylation is 1.